The summed E-state index contributed by atoms with van der Waals surface area (Å²) < 4.78 is 34.7. The average Bonchev–Trinajstić information content (AvgIpc) is 3.08. The van der Waals surface area contributed by atoms with Crippen LogP contribution in [0.4, 0.5) is 0 Å². The Morgan fingerprint density at radius 3 is 2.70 bits per heavy atom. The van der Waals surface area contributed by atoms with E-state index >= 15 is 0 Å². The maximum absolute atomic E-state index is 13.1. The van der Waals surface area contributed by atoms with Crippen LogP contribution in [-0.4, -0.2) is 50.7 Å². The Morgan fingerprint density at radius 2 is 2.07 bits per heavy atom. The molecule has 5 rings (SSSR count). The van der Waals surface area contributed by atoms with Gasteiger partial charge in [-0.2, -0.15) is 14.4 Å². The van der Waals surface area contributed by atoms with Crippen molar-refractivity contribution in [3.05, 3.63) is 41.3 Å². The molecule has 30 heavy (non-hydrogen) atoms. The minimum Gasteiger partial charge on any atom is -0.339 e. The number of nitrogens with zero attached hydrogens (tertiary/aromatic N) is 6. The summed E-state index contributed by atoms with van der Waals surface area (Å²) in [7, 11) is -2.04. The van der Waals surface area contributed by atoms with Crippen molar-refractivity contribution in [2.24, 2.45) is 12.5 Å². The van der Waals surface area contributed by atoms with Crippen LogP contribution in [0.25, 0.3) is 11.4 Å². The topological polar surface area (TPSA) is 107 Å². The van der Waals surface area contributed by atoms with Crippen LogP contribution < -0.4 is 0 Å². The normalized spacial score (nSPS) is 21.2. The second kappa shape index (κ2) is 6.86. The number of hydrogen-bond acceptors (Lipinski definition) is 7. The highest BCUT2D eigenvalue weighted by Crippen LogP contribution is 2.64. The number of hydrogen-bond donors (Lipinski definition) is 0. The third-order valence-electron chi connectivity index (χ3n) is 6.27. The van der Waals surface area contributed by atoms with Gasteiger partial charge in [-0.05, 0) is 43.7 Å². The monoisotopic (exact) mass is 448 g/mol. The number of halogens is 1. The van der Waals surface area contributed by atoms with Gasteiger partial charge in [-0.25, -0.2) is 8.42 Å². The Balaban J connectivity index is 1.30. The highest BCUT2D eigenvalue weighted by molar-refractivity contribution is 7.89. The summed E-state index contributed by atoms with van der Waals surface area (Å²) in [5.74, 6) is 1.32. The second-order valence-corrected chi connectivity index (χ2v) is 10.3. The molecule has 1 atom stereocenters. The molecule has 1 aliphatic carbocycles. The van der Waals surface area contributed by atoms with Crippen molar-refractivity contribution in [3.8, 4) is 11.4 Å². The Bertz CT molecular complexity index is 1200. The molecule has 1 aliphatic heterocycles. The Morgan fingerprint density at radius 1 is 1.30 bits per heavy atom. The standard InChI is InChI=1S/C19H21ClN6O3S/c1-12-15(16(20)25(2)23-12)30(27,28)26-8-5-19(6-9-26)10-14(19)18-22-17(24-29-18)13-4-3-7-21-11-13/h3-4,7,11,14H,5-6,8-10H2,1-2H3/t14-/m0/s1. The summed E-state index contributed by atoms with van der Waals surface area (Å²) in [5, 5.41) is 8.37. The van der Waals surface area contributed by atoms with Gasteiger partial charge in [0, 0.05) is 44.0 Å². The van der Waals surface area contributed by atoms with Crippen LogP contribution in [0.15, 0.2) is 33.9 Å². The molecule has 2 aliphatic rings. The highest BCUT2D eigenvalue weighted by Gasteiger charge is 2.59. The number of rotatable bonds is 4. The molecule has 9 nitrogen and oxygen atoms in total. The molecule has 1 saturated heterocycles. The summed E-state index contributed by atoms with van der Waals surface area (Å²) >= 11 is 6.20. The molecule has 11 heteroatoms. The quantitative estimate of drug-likeness (QED) is 0.603. The van der Waals surface area contributed by atoms with Gasteiger partial charge in [-0.1, -0.05) is 16.8 Å². The molecule has 1 saturated carbocycles. The van der Waals surface area contributed by atoms with Crippen molar-refractivity contribution >= 4 is 21.6 Å². The molecule has 0 amide bonds. The molecule has 2 fully saturated rings. The molecule has 0 radical (unpaired) electrons. The molecule has 4 heterocycles. The SMILES string of the molecule is Cc1nn(C)c(Cl)c1S(=O)(=O)N1CCC2(CC1)C[C@H]2c1nc(-c2cccnc2)no1. The predicted octanol–water partition coefficient (Wildman–Crippen LogP) is 2.79. The number of sulfonamides is 1. The maximum Gasteiger partial charge on any atom is 0.248 e. The minimum atomic E-state index is -3.68. The van der Waals surface area contributed by atoms with Crippen LogP contribution in [0.2, 0.25) is 5.15 Å². The summed E-state index contributed by atoms with van der Waals surface area (Å²) in [6.45, 7) is 2.54. The molecular weight excluding hydrogens is 428 g/mol. The van der Waals surface area contributed by atoms with Gasteiger partial charge in [0.2, 0.25) is 21.7 Å². The molecule has 1 spiro atoms. The number of pyridine rings is 1. The third kappa shape index (κ3) is 3.05. The van der Waals surface area contributed by atoms with Gasteiger partial charge in [0.15, 0.2) is 0 Å². The number of piperidine rings is 1. The zero-order valence-corrected chi connectivity index (χ0v) is 18.2. The van der Waals surface area contributed by atoms with Gasteiger partial charge < -0.3 is 4.52 Å². The first-order valence-corrected chi connectivity index (χ1v) is 11.6. The molecule has 0 unspecified atom stereocenters. The fourth-order valence-corrected chi connectivity index (χ4v) is 6.59. The van der Waals surface area contributed by atoms with Gasteiger partial charge >= 0.3 is 0 Å². The van der Waals surface area contributed by atoms with E-state index in [1.165, 1.54) is 8.99 Å². The van der Waals surface area contributed by atoms with E-state index in [0.29, 0.717) is 30.5 Å². The lowest BCUT2D eigenvalue weighted by atomic mass is 9.92. The lowest BCUT2D eigenvalue weighted by Crippen LogP contribution is -2.39. The van der Waals surface area contributed by atoms with E-state index in [1.807, 2.05) is 12.1 Å². The van der Waals surface area contributed by atoms with Crippen molar-refractivity contribution in [1.29, 1.82) is 0 Å². The Labute approximate surface area is 179 Å². The highest BCUT2D eigenvalue weighted by atomic mass is 35.5. The fraction of sp³-hybridized carbons (Fsp3) is 0.474. The first-order valence-electron chi connectivity index (χ1n) is 9.75. The second-order valence-electron chi connectivity index (χ2n) is 8.05. The summed E-state index contributed by atoms with van der Waals surface area (Å²) in [6, 6.07) is 3.72. The van der Waals surface area contributed by atoms with Crippen molar-refractivity contribution in [1.82, 2.24) is 29.2 Å². The average molecular weight is 449 g/mol. The van der Waals surface area contributed by atoms with Gasteiger partial charge in [-0.3, -0.25) is 9.67 Å². The van der Waals surface area contributed by atoms with Gasteiger partial charge in [0.1, 0.15) is 10.0 Å². The number of aromatic nitrogens is 5. The predicted molar refractivity (Wildman–Crippen MR) is 108 cm³/mol. The number of aryl methyl sites for hydroxylation is 2. The summed E-state index contributed by atoms with van der Waals surface area (Å²) in [5.41, 5.74) is 1.26. The van der Waals surface area contributed by atoms with Crippen molar-refractivity contribution in [3.63, 3.8) is 0 Å². The summed E-state index contributed by atoms with van der Waals surface area (Å²) in [6.07, 6.45) is 5.83. The van der Waals surface area contributed by atoms with Crippen LogP contribution in [0.1, 0.15) is 36.8 Å². The summed E-state index contributed by atoms with van der Waals surface area (Å²) in [4.78, 5) is 8.74. The Kier molecular flexibility index (Phi) is 4.49. The van der Waals surface area contributed by atoms with E-state index in [0.717, 1.165) is 24.8 Å². The Hall–Kier alpha value is -2.30. The van der Waals surface area contributed by atoms with Crippen LogP contribution >= 0.6 is 11.6 Å². The minimum absolute atomic E-state index is 0.0263. The molecule has 3 aromatic heterocycles. The molecule has 0 bridgehead atoms. The molecule has 0 N–H and O–H groups in total. The molecular formula is C19H21ClN6O3S. The van der Waals surface area contributed by atoms with Crippen molar-refractivity contribution in [2.45, 2.75) is 37.0 Å². The largest absolute Gasteiger partial charge is 0.339 e. The molecule has 3 aromatic rings. The van der Waals surface area contributed by atoms with Crippen LogP contribution in [0, 0.1) is 12.3 Å². The van der Waals surface area contributed by atoms with Gasteiger partial charge in [-0.15, -0.1) is 0 Å². The zero-order valence-electron chi connectivity index (χ0n) is 16.6. The van der Waals surface area contributed by atoms with E-state index in [4.69, 9.17) is 16.1 Å². The fourth-order valence-electron chi connectivity index (χ4n) is 4.44. The zero-order chi connectivity index (χ0) is 21.1. The van der Waals surface area contributed by atoms with Crippen LogP contribution in [0.5, 0.6) is 0 Å². The molecule has 158 valence electrons. The third-order valence-corrected chi connectivity index (χ3v) is 8.86. The van der Waals surface area contributed by atoms with Gasteiger partial charge in [0.05, 0.1) is 5.69 Å². The van der Waals surface area contributed by atoms with E-state index in [9.17, 15) is 8.42 Å². The van der Waals surface area contributed by atoms with E-state index in [1.54, 1.807) is 26.4 Å². The van der Waals surface area contributed by atoms with Crippen LogP contribution in [-0.2, 0) is 17.1 Å². The van der Waals surface area contributed by atoms with Crippen LogP contribution in [0.3, 0.4) is 0 Å². The van der Waals surface area contributed by atoms with E-state index in [-0.39, 0.29) is 21.4 Å². The van der Waals surface area contributed by atoms with Crippen molar-refractivity contribution in [2.75, 3.05) is 13.1 Å². The lowest BCUT2D eigenvalue weighted by Gasteiger charge is -2.31. The van der Waals surface area contributed by atoms with Gasteiger partial charge in [0.25, 0.3) is 0 Å². The molecule has 0 aromatic carbocycles. The van der Waals surface area contributed by atoms with E-state index in [2.05, 4.69) is 20.2 Å². The smallest absolute Gasteiger partial charge is 0.248 e. The maximum atomic E-state index is 13.1. The van der Waals surface area contributed by atoms with E-state index < -0.39 is 10.0 Å². The first-order chi connectivity index (χ1) is 14.3. The van der Waals surface area contributed by atoms with Crippen molar-refractivity contribution < 1.29 is 12.9 Å². The lowest BCUT2D eigenvalue weighted by molar-refractivity contribution is 0.242. The first kappa shape index (κ1) is 19.7.